The number of anilines is 1. The maximum Gasteiger partial charge on any atom is 0.279 e. The van der Waals surface area contributed by atoms with E-state index in [2.05, 4.69) is 45.6 Å². The Labute approximate surface area is 146 Å². The van der Waals surface area contributed by atoms with Crippen molar-refractivity contribution in [3.63, 3.8) is 0 Å². The monoisotopic (exact) mass is 375 g/mol. The van der Waals surface area contributed by atoms with Crippen LogP contribution in [0.4, 0.5) is 5.69 Å². The number of aryl methyl sites for hydroxylation is 2. The number of hydrogen-bond acceptors (Lipinski definition) is 1. The maximum absolute atomic E-state index is 12.3. The molecule has 1 amide bonds. The number of carbonyl (C=O) groups is 1. The molecule has 0 saturated carbocycles. The van der Waals surface area contributed by atoms with Gasteiger partial charge in [0.05, 0.1) is 0 Å². The van der Waals surface area contributed by atoms with Crippen LogP contribution in [0.5, 0.6) is 0 Å². The Bertz CT molecular complexity index is 647. The van der Waals surface area contributed by atoms with Gasteiger partial charge in [0.25, 0.3) is 5.91 Å². The molecule has 0 saturated heterocycles. The third-order valence-corrected chi connectivity index (χ3v) is 4.60. The van der Waals surface area contributed by atoms with Crippen molar-refractivity contribution in [2.24, 2.45) is 0 Å². The number of nitrogens with one attached hydrogen (secondary N) is 1. The summed E-state index contributed by atoms with van der Waals surface area (Å²) in [4.78, 5) is 12.3. The zero-order valence-electron chi connectivity index (χ0n) is 13.9. The molecular weight excluding hydrogens is 352 g/mol. The van der Waals surface area contributed by atoms with Gasteiger partial charge in [-0.2, -0.15) is 0 Å². The van der Waals surface area contributed by atoms with E-state index in [9.17, 15) is 4.79 Å². The summed E-state index contributed by atoms with van der Waals surface area (Å²) in [6, 6.07) is 14.6. The topological polar surface area (TPSA) is 45.7 Å². The lowest BCUT2D eigenvalue weighted by Crippen LogP contribution is -2.87. The van der Waals surface area contributed by atoms with Gasteiger partial charge in [0.2, 0.25) is 0 Å². The fourth-order valence-electron chi connectivity index (χ4n) is 2.70. The predicted molar refractivity (Wildman–Crippen MR) is 98.5 cm³/mol. The zero-order chi connectivity index (χ0) is 16.8. The highest BCUT2D eigenvalue weighted by Crippen LogP contribution is 2.19. The maximum atomic E-state index is 12.3. The van der Waals surface area contributed by atoms with Gasteiger partial charge < -0.3 is 10.6 Å². The van der Waals surface area contributed by atoms with Gasteiger partial charge in [0.15, 0.2) is 6.54 Å². The Hall–Kier alpha value is -1.65. The van der Waals surface area contributed by atoms with Gasteiger partial charge in [0, 0.05) is 22.1 Å². The highest BCUT2D eigenvalue weighted by molar-refractivity contribution is 9.10. The molecule has 0 bridgehead atoms. The van der Waals surface area contributed by atoms with E-state index in [0.29, 0.717) is 12.6 Å². The van der Waals surface area contributed by atoms with Crippen LogP contribution in [0.25, 0.3) is 0 Å². The Balaban J connectivity index is 1.96. The second-order valence-electron chi connectivity index (χ2n) is 5.82. The summed E-state index contributed by atoms with van der Waals surface area (Å²) in [5, 5.41) is 5.14. The Morgan fingerprint density at radius 2 is 1.74 bits per heavy atom. The molecule has 0 aliphatic rings. The van der Waals surface area contributed by atoms with Crippen molar-refractivity contribution in [2.45, 2.75) is 33.2 Å². The molecule has 3 N–H and O–H groups in total. The fraction of sp³-hybridized carbons (Fsp3) is 0.316. The van der Waals surface area contributed by atoms with E-state index in [4.69, 9.17) is 0 Å². The predicted octanol–water partition coefficient (Wildman–Crippen LogP) is 3.72. The first-order chi connectivity index (χ1) is 11.0. The van der Waals surface area contributed by atoms with Crippen LogP contribution in [0.3, 0.4) is 0 Å². The molecule has 0 aromatic heterocycles. The molecular formula is C19H24BrN2O+. The third-order valence-electron chi connectivity index (χ3n) is 4.07. The molecule has 0 aliphatic carbocycles. The van der Waals surface area contributed by atoms with Crippen molar-refractivity contribution in [3.05, 3.63) is 63.6 Å². The van der Waals surface area contributed by atoms with Crippen LogP contribution in [0.1, 0.15) is 36.1 Å². The van der Waals surface area contributed by atoms with Crippen LogP contribution >= 0.6 is 15.9 Å². The minimum absolute atomic E-state index is 0.0398. The number of hydrogen-bond donors (Lipinski definition) is 2. The van der Waals surface area contributed by atoms with Gasteiger partial charge in [-0.15, -0.1) is 0 Å². The average molecular weight is 376 g/mol. The molecule has 1 atom stereocenters. The van der Waals surface area contributed by atoms with Gasteiger partial charge in [-0.25, -0.2) is 0 Å². The van der Waals surface area contributed by atoms with Crippen LogP contribution in [0, 0.1) is 13.8 Å². The highest BCUT2D eigenvalue weighted by atomic mass is 79.9. The Morgan fingerprint density at radius 1 is 1.13 bits per heavy atom. The molecule has 0 heterocycles. The van der Waals surface area contributed by atoms with Crippen LogP contribution in [-0.4, -0.2) is 12.5 Å². The average Bonchev–Trinajstić information content (AvgIpc) is 2.53. The highest BCUT2D eigenvalue weighted by Gasteiger charge is 2.15. The van der Waals surface area contributed by atoms with Crippen molar-refractivity contribution >= 4 is 27.5 Å². The second kappa shape index (κ2) is 8.27. The van der Waals surface area contributed by atoms with Crippen molar-refractivity contribution in [3.8, 4) is 0 Å². The van der Waals surface area contributed by atoms with Crippen molar-refractivity contribution in [1.82, 2.24) is 0 Å². The van der Waals surface area contributed by atoms with E-state index < -0.39 is 0 Å². The van der Waals surface area contributed by atoms with Crippen molar-refractivity contribution in [2.75, 3.05) is 11.9 Å². The number of carbonyl (C=O) groups excluding carboxylic acids is 1. The smallest absolute Gasteiger partial charge is 0.279 e. The lowest BCUT2D eigenvalue weighted by molar-refractivity contribution is -0.686. The third kappa shape index (κ3) is 4.91. The number of amides is 1. The summed E-state index contributed by atoms with van der Waals surface area (Å²) in [7, 11) is 0. The number of halogens is 1. The molecule has 0 unspecified atom stereocenters. The van der Waals surface area contributed by atoms with Gasteiger partial charge >= 0.3 is 0 Å². The molecule has 2 rings (SSSR count). The number of para-hydroxylation sites is 1. The van der Waals surface area contributed by atoms with E-state index in [1.54, 1.807) is 0 Å². The van der Waals surface area contributed by atoms with Crippen LogP contribution in [0.15, 0.2) is 46.9 Å². The lowest BCUT2D eigenvalue weighted by atomic mass is 10.0. The summed E-state index contributed by atoms with van der Waals surface area (Å²) in [5.74, 6) is 0.0398. The number of rotatable bonds is 6. The van der Waals surface area contributed by atoms with Gasteiger partial charge in [-0.3, -0.25) is 4.79 Å². The van der Waals surface area contributed by atoms with E-state index in [1.165, 1.54) is 5.56 Å². The molecule has 122 valence electrons. The van der Waals surface area contributed by atoms with Crippen LogP contribution in [0.2, 0.25) is 0 Å². The summed E-state index contributed by atoms with van der Waals surface area (Å²) < 4.78 is 1.07. The van der Waals surface area contributed by atoms with Crippen molar-refractivity contribution in [1.29, 1.82) is 0 Å². The number of nitrogens with two attached hydrogens (primary N) is 1. The summed E-state index contributed by atoms with van der Waals surface area (Å²) in [6.07, 6.45) is 0.984. The van der Waals surface area contributed by atoms with Gasteiger partial charge in [-0.05, 0) is 37.1 Å². The second-order valence-corrected chi connectivity index (χ2v) is 6.74. The summed E-state index contributed by atoms with van der Waals surface area (Å²) >= 11 is 3.45. The minimum Gasteiger partial charge on any atom is -0.332 e. The molecule has 0 aliphatic heterocycles. The summed E-state index contributed by atoms with van der Waals surface area (Å²) in [5.41, 5.74) is 4.37. The molecule has 23 heavy (non-hydrogen) atoms. The van der Waals surface area contributed by atoms with E-state index >= 15 is 0 Å². The molecule has 4 heteroatoms. The first-order valence-corrected chi connectivity index (χ1v) is 8.75. The molecule has 3 nitrogen and oxygen atoms in total. The standard InChI is InChI=1S/C19H23BrN2O/c1-4-17(15-8-10-16(20)11-9-15)21-12-18(23)22-19-13(2)6-5-7-14(19)3/h5-11,17,21H,4,12H2,1-3H3,(H,22,23)/p+1/t17-/m0/s1. The summed E-state index contributed by atoms with van der Waals surface area (Å²) in [6.45, 7) is 6.60. The van der Waals surface area contributed by atoms with E-state index in [-0.39, 0.29) is 5.91 Å². The molecule has 0 spiro atoms. The van der Waals surface area contributed by atoms with E-state index in [0.717, 1.165) is 27.7 Å². The molecule has 2 aromatic rings. The molecule has 2 aromatic carbocycles. The van der Waals surface area contributed by atoms with Crippen LogP contribution in [-0.2, 0) is 4.79 Å². The Morgan fingerprint density at radius 3 is 2.30 bits per heavy atom. The molecule has 0 fully saturated rings. The minimum atomic E-state index is 0.0398. The fourth-order valence-corrected chi connectivity index (χ4v) is 2.96. The van der Waals surface area contributed by atoms with Crippen LogP contribution < -0.4 is 10.6 Å². The number of benzene rings is 2. The van der Waals surface area contributed by atoms with Gasteiger partial charge in [0.1, 0.15) is 6.04 Å². The first-order valence-electron chi connectivity index (χ1n) is 7.96. The Kier molecular flexibility index (Phi) is 6.37. The largest absolute Gasteiger partial charge is 0.332 e. The van der Waals surface area contributed by atoms with Gasteiger partial charge in [-0.1, -0.05) is 53.2 Å². The number of quaternary nitrogens is 1. The first kappa shape index (κ1) is 17.7. The zero-order valence-corrected chi connectivity index (χ0v) is 15.5. The lowest BCUT2D eigenvalue weighted by Gasteiger charge is -2.15. The SMILES string of the molecule is CC[C@H]([NH2+]CC(=O)Nc1c(C)cccc1C)c1ccc(Br)cc1. The van der Waals surface area contributed by atoms with Crippen molar-refractivity contribution < 1.29 is 10.1 Å². The quantitative estimate of drug-likeness (QED) is 0.793. The normalized spacial score (nSPS) is 12.0. The van der Waals surface area contributed by atoms with E-state index in [1.807, 2.05) is 44.2 Å². The molecule has 0 radical (unpaired) electrons.